The van der Waals surface area contributed by atoms with Crippen LogP contribution in [0.2, 0.25) is 0 Å². The van der Waals surface area contributed by atoms with Gasteiger partial charge in [0, 0.05) is 12.3 Å². The average Bonchev–Trinajstić information content (AvgIpc) is 2.13. The second-order valence-corrected chi connectivity index (χ2v) is 5.13. The SMILES string of the molecule is CC1(C)OCC(NCCSC(F)(F)F)CO1. The van der Waals surface area contributed by atoms with Crippen molar-refractivity contribution in [2.75, 3.05) is 25.5 Å². The van der Waals surface area contributed by atoms with Crippen molar-refractivity contribution in [3.63, 3.8) is 0 Å². The Bertz CT molecular complexity index is 213. The highest BCUT2D eigenvalue weighted by molar-refractivity contribution is 8.00. The van der Waals surface area contributed by atoms with Crippen molar-refractivity contribution in [3.05, 3.63) is 0 Å². The lowest BCUT2D eigenvalue weighted by atomic mass is 10.2. The number of thioether (sulfide) groups is 1. The quantitative estimate of drug-likeness (QED) is 0.782. The first-order chi connectivity index (χ1) is 7.29. The third-order valence-electron chi connectivity index (χ3n) is 2.07. The molecule has 0 bridgehead atoms. The van der Waals surface area contributed by atoms with Gasteiger partial charge in [0.1, 0.15) is 0 Å². The minimum atomic E-state index is -4.15. The van der Waals surface area contributed by atoms with Gasteiger partial charge in [-0.05, 0) is 25.6 Å². The zero-order chi connectivity index (χ0) is 12.2. The molecule has 0 aromatic rings. The third kappa shape index (κ3) is 5.93. The number of alkyl halides is 3. The molecule has 96 valence electrons. The van der Waals surface area contributed by atoms with Crippen molar-refractivity contribution < 1.29 is 22.6 Å². The van der Waals surface area contributed by atoms with Crippen molar-refractivity contribution >= 4 is 11.8 Å². The molecular formula is C9H16F3NO2S. The third-order valence-corrected chi connectivity index (χ3v) is 2.80. The highest BCUT2D eigenvalue weighted by Crippen LogP contribution is 2.29. The molecular weight excluding hydrogens is 243 g/mol. The predicted octanol–water partition coefficient (Wildman–Crippen LogP) is 1.98. The Morgan fingerprint density at radius 2 is 1.88 bits per heavy atom. The molecule has 1 aliphatic rings. The average molecular weight is 259 g/mol. The van der Waals surface area contributed by atoms with Gasteiger partial charge in [-0.1, -0.05) is 0 Å². The van der Waals surface area contributed by atoms with E-state index < -0.39 is 11.3 Å². The minimum Gasteiger partial charge on any atom is -0.349 e. The topological polar surface area (TPSA) is 30.5 Å². The molecule has 0 spiro atoms. The summed E-state index contributed by atoms with van der Waals surface area (Å²) in [7, 11) is 0. The van der Waals surface area contributed by atoms with E-state index in [4.69, 9.17) is 9.47 Å². The van der Waals surface area contributed by atoms with Crippen LogP contribution in [0, 0.1) is 0 Å². The van der Waals surface area contributed by atoms with Gasteiger partial charge in [-0.25, -0.2) is 0 Å². The maximum absolute atomic E-state index is 11.8. The Hall–Kier alpha value is 0.0200. The molecule has 0 saturated carbocycles. The predicted molar refractivity (Wildman–Crippen MR) is 56.3 cm³/mol. The molecule has 16 heavy (non-hydrogen) atoms. The van der Waals surface area contributed by atoms with Crippen LogP contribution in [-0.4, -0.2) is 42.8 Å². The summed E-state index contributed by atoms with van der Waals surface area (Å²) < 4.78 is 46.2. The Kier molecular flexibility index (Phi) is 4.90. The van der Waals surface area contributed by atoms with E-state index in [-0.39, 0.29) is 23.6 Å². The van der Waals surface area contributed by atoms with Crippen molar-refractivity contribution in [3.8, 4) is 0 Å². The second kappa shape index (κ2) is 5.57. The van der Waals surface area contributed by atoms with Gasteiger partial charge in [0.15, 0.2) is 5.79 Å². The number of halogens is 3. The van der Waals surface area contributed by atoms with Crippen LogP contribution in [0.4, 0.5) is 13.2 Å². The molecule has 1 rings (SSSR count). The first-order valence-corrected chi connectivity index (χ1v) is 5.99. The fourth-order valence-corrected chi connectivity index (χ4v) is 1.69. The summed E-state index contributed by atoms with van der Waals surface area (Å²) in [6, 6.07) is -0.0261. The molecule has 7 heteroatoms. The standard InChI is InChI=1S/C9H16F3NO2S/c1-8(2)14-5-7(6-15-8)13-3-4-16-9(10,11)12/h7,13H,3-6H2,1-2H3. The van der Waals surface area contributed by atoms with Crippen LogP contribution >= 0.6 is 11.8 Å². The first-order valence-electron chi connectivity index (χ1n) is 5.00. The number of nitrogens with one attached hydrogen (secondary N) is 1. The fraction of sp³-hybridized carbons (Fsp3) is 1.00. The molecule has 1 heterocycles. The van der Waals surface area contributed by atoms with Gasteiger partial charge in [-0.2, -0.15) is 13.2 Å². The van der Waals surface area contributed by atoms with Crippen LogP contribution in [0.15, 0.2) is 0 Å². The Balaban J connectivity index is 2.07. The normalized spacial score (nSPS) is 22.3. The number of hydrogen-bond donors (Lipinski definition) is 1. The van der Waals surface area contributed by atoms with Crippen LogP contribution in [0.25, 0.3) is 0 Å². The van der Waals surface area contributed by atoms with E-state index in [2.05, 4.69) is 5.32 Å². The smallest absolute Gasteiger partial charge is 0.349 e. The summed E-state index contributed by atoms with van der Waals surface area (Å²) in [5.41, 5.74) is -4.15. The van der Waals surface area contributed by atoms with E-state index in [0.717, 1.165) is 0 Å². The monoisotopic (exact) mass is 259 g/mol. The molecule has 0 atom stereocenters. The van der Waals surface area contributed by atoms with Crippen LogP contribution in [0.3, 0.4) is 0 Å². The second-order valence-electron chi connectivity index (χ2n) is 3.97. The highest BCUT2D eigenvalue weighted by Gasteiger charge is 2.29. The van der Waals surface area contributed by atoms with E-state index in [9.17, 15) is 13.2 Å². The summed E-state index contributed by atoms with van der Waals surface area (Å²) >= 11 is -0.0222. The van der Waals surface area contributed by atoms with Gasteiger partial charge in [-0.15, -0.1) is 0 Å². The summed E-state index contributed by atoms with van der Waals surface area (Å²) in [6.07, 6.45) is 0. The lowest BCUT2D eigenvalue weighted by Gasteiger charge is -2.35. The number of ether oxygens (including phenoxy) is 2. The zero-order valence-corrected chi connectivity index (χ0v) is 10.1. The summed E-state index contributed by atoms with van der Waals surface area (Å²) in [4.78, 5) is 0. The van der Waals surface area contributed by atoms with Gasteiger partial charge in [-0.3, -0.25) is 0 Å². The van der Waals surface area contributed by atoms with E-state index in [1.807, 2.05) is 13.8 Å². The lowest BCUT2D eigenvalue weighted by molar-refractivity contribution is -0.252. The Morgan fingerprint density at radius 1 is 1.31 bits per heavy atom. The van der Waals surface area contributed by atoms with E-state index >= 15 is 0 Å². The van der Waals surface area contributed by atoms with Gasteiger partial charge >= 0.3 is 5.51 Å². The van der Waals surface area contributed by atoms with E-state index in [1.165, 1.54) is 0 Å². The number of rotatable bonds is 4. The zero-order valence-electron chi connectivity index (χ0n) is 9.26. The van der Waals surface area contributed by atoms with Crippen LogP contribution in [0.1, 0.15) is 13.8 Å². The fourth-order valence-electron chi connectivity index (χ4n) is 1.24. The molecule has 0 aromatic heterocycles. The van der Waals surface area contributed by atoms with Gasteiger partial charge in [0.2, 0.25) is 0 Å². The minimum absolute atomic E-state index is 0.00337. The molecule has 1 fully saturated rings. The summed E-state index contributed by atoms with van der Waals surface area (Å²) in [6.45, 7) is 4.83. The van der Waals surface area contributed by atoms with Gasteiger partial charge < -0.3 is 14.8 Å². The lowest BCUT2D eigenvalue weighted by Crippen LogP contribution is -2.49. The first kappa shape index (κ1) is 14.1. The Morgan fingerprint density at radius 3 is 2.38 bits per heavy atom. The van der Waals surface area contributed by atoms with Crippen molar-refractivity contribution in [1.82, 2.24) is 5.32 Å². The van der Waals surface area contributed by atoms with Crippen LogP contribution in [0.5, 0.6) is 0 Å². The molecule has 1 N–H and O–H groups in total. The van der Waals surface area contributed by atoms with E-state index in [0.29, 0.717) is 19.8 Å². The van der Waals surface area contributed by atoms with Gasteiger partial charge in [0.25, 0.3) is 0 Å². The molecule has 3 nitrogen and oxygen atoms in total. The maximum atomic E-state index is 11.8. The van der Waals surface area contributed by atoms with Crippen molar-refractivity contribution in [1.29, 1.82) is 0 Å². The largest absolute Gasteiger partial charge is 0.441 e. The Labute approximate surface area is 97.0 Å². The summed E-state index contributed by atoms with van der Waals surface area (Å²) in [5.74, 6) is -0.581. The van der Waals surface area contributed by atoms with Crippen molar-refractivity contribution in [2.24, 2.45) is 0 Å². The molecule has 0 aromatic carbocycles. The molecule has 0 amide bonds. The maximum Gasteiger partial charge on any atom is 0.441 e. The molecule has 0 radical (unpaired) electrons. The summed E-state index contributed by atoms with van der Waals surface area (Å²) in [5, 5.41) is 2.96. The molecule has 0 aliphatic carbocycles. The van der Waals surface area contributed by atoms with Crippen LogP contribution in [-0.2, 0) is 9.47 Å². The van der Waals surface area contributed by atoms with Gasteiger partial charge in [0.05, 0.1) is 19.3 Å². The highest BCUT2D eigenvalue weighted by atomic mass is 32.2. The van der Waals surface area contributed by atoms with E-state index in [1.54, 1.807) is 0 Å². The molecule has 1 aliphatic heterocycles. The van der Waals surface area contributed by atoms with Crippen LogP contribution < -0.4 is 5.32 Å². The molecule has 0 unspecified atom stereocenters. The number of hydrogen-bond acceptors (Lipinski definition) is 4. The van der Waals surface area contributed by atoms with Crippen molar-refractivity contribution in [2.45, 2.75) is 31.2 Å². The molecule has 1 saturated heterocycles.